The number of hydrogen-bond donors (Lipinski definition) is 0. The molecule has 24 heavy (non-hydrogen) atoms. The van der Waals surface area contributed by atoms with E-state index in [0.29, 0.717) is 5.95 Å². The van der Waals surface area contributed by atoms with Crippen LogP contribution in [0.4, 0.5) is 5.82 Å². The molecule has 0 N–H and O–H groups in total. The molecule has 0 atom stereocenters. The van der Waals surface area contributed by atoms with Crippen molar-refractivity contribution in [3.8, 4) is 17.2 Å². The van der Waals surface area contributed by atoms with Crippen molar-refractivity contribution in [3.63, 3.8) is 0 Å². The predicted octanol–water partition coefficient (Wildman–Crippen LogP) is 3.39. The molecule has 0 aliphatic carbocycles. The largest absolute Gasteiger partial charge is 0.390 e. The van der Waals surface area contributed by atoms with E-state index in [0.717, 1.165) is 22.2 Å². The summed E-state index contributed by atoms with van der Waals surface area (Å²) in [6.07, 6.45) is 1.48. The third kappa shape index (κ3) is 2.38. The lowest BCUT2D eigenvalue weighted by atomic mass is 10.1. The Kier molecular flexibility index (Phi) is 3.24. The highest BCUT2D eigenvalue weighted by Crippen LogP contribution is 2.26. The van der Waals surface area contributed by atoms with Crippen molar-refractivity contribution in [2.75, 3.05) is 0 Å². The first-order valence-corrected chi connectivity index (χ1v) is 7.25. The zero-order valence-corrected chi connectivity index (χ0v) is 12.4. The molecule has 4 rings (SSSR count). The van der Waals surface area contributed by atoms with E-state index in [1.165, 1.54) is 16.9 Å². The molecule has 7 heteroatoms. The van der Waals surface area contributed by atoms with Crippen LogP contribution in [0.2, 0.25) is 0 Å². The summed E-state index contributed by atoms with van der Waals surface area (Å²) in [5.41, 5.74) is 2.45. The lowest BCUT2D eigenvalue weighted by Crippen LogP contribution is -2.04. The summed E-state index contributed by atoms with van der Waals surface area (Å²) in [5.74, 6) is 0.0497. The summed E-state index contributed by atoms with van der Waals surface area (Å²) in [6, 6.07) is 18.7. The van der Waals surface area contributed by atoms with E-state index < -0.39 is 4.92 Å². The molecule has 2 heterocycles. The van der Waals surface area contributed by atoms with Gasteiger partial charge in [0.1, 0.15) is 0 Å². The van der Waals surface area contributed by atoms with Crippen molar-refractivity contribution in [1.82, 2.24) is 19.7 Å². The van der Waals surface area contributed by atoms with Gasteiger partial charge in [0.25, 0.3) is 5.95 Å². The van der Waals surface area contributed by atoms with Gasteiger partial charge in [0.05, 0.1) is 28.6 Å². The summed E-state index contributed by atoms with van der Waals surface area (Å²) in [5, 5.41) is 15.7. The third-order valence-corrected chi connectivity index (χ3v) is 3.61. The Morgan fingerprint density at radius 2 is 1.67 bits per heavy atom. The Morgan fingerprint density at radius 1 is 0.917 bits per heavy atom. The Balaban J connectivity index is 1.96. The fourth-order valence-corrected chi connectivity index (χ4v) is 2.51. The second-order valence-electron chi connectivity index (χ2n) is 5.13. The number of para-hydroxylation sites is 1. The van der Waals surface area contributed by atoms with Crippen molar-refractivity contribution >= 4 is 16.7 Å². The number of hydrogen-bond acceptors (Lipinski definition) is 5. The average Bonchev–Trinajstić information content (AvgIpc) is 3.12. The fourth-order valence-electron chi connectivity index (χ4n) is 2.51. The maximum atomic E-state index is 10.8. The second kappa shape index (κ2) is 5.54. The Labute approximate surface area is 136 Å². The van der Waals surface area contributed by atoms with E-state index >= 15 is 0 Å². The first-order chi connectivity index (χ1) is 11.7. The molecule has 0 spiro atoms. The maximum Gasteiger partial charge on any atom is 0.390 e. The van der Waals surface area contributed by atoms with Crippen LogP contribution >= 0.6 is 0 Å². The summed E-state index contributed by atoms with van der Waals surface area (Å²) >= 11 is 0. The van der Waals surface area contributed by atoms with Gasteiger partial charge in [-0.25, -0.2) is 9.97 Å². The van der Waals surface area contributed by atoms with Crippen LogP contribution in [0.3, 0.4) is 0 Å². The van der Waals surface area contributed by atoms with Gasteiger partial charge in [0, 0.05) is 10.9 Å². The molecule has 0 fully saturated rings. The van der Waals surface area contributed by atoms with Crippen LogP contribution in [0.5, 0.6) is 0 Å². The molecule has 0 unspecified atom stereocenters. The second-order valence-corrected chi connectivity index (χ2v) is 5.13. The Bertz CT molecular complexity index is 1040. The van der Waals surface area contributed by atoms with Crippen molar-refractivity contribution in [2.45, 2.75) is 0 Å². The highest BCUT2D eigenvalue weighted by molar-refractivity contribution is 5.92. The predicted molar refractivity (Wildman–Crippen MR) is 88.8 cm³/mol. The van der Waals surface area contributed by atoms with E-state index in [2.05, 4.69) is 15.1 Å². The number of rotatable bonds is 3. The molecule has 7 nitrogen and oxygen atoms in total. The lowest BCUT2D eigenvalue weighted by molar-refractivity contribution is -0.389. The smallest absolute Gasteiger partial charge is 0.358 e. The summed E-state index contributed by atoms with van der Waals surface area (Å²) < 4.78 is 1.32. The quantitative estimate of drug-likeness (QED) is 0.427. The monoisotopic (exact) mass is 317 g/mol. The van der Waals surface area contributed by atoms with Gasteiger partial charge >= 0.3 is 5.82 Å². The molecule has 0 aliphatic rings. The number of aromatic nitrogens is 4. The molecular formula is C17H11N5O2. The first kappa shape index (κ1) is 14.0. The van der Waals surface area contributed by atoms with Crippen LogP contribution < -0.4 is 0 Å². The van der Waals surface area contributed by atoms with Crippen molar-refractivity contribution in [2.24, 2.45) is 0 Å². The molecule has 4 aromatic rings. The standard InChI is InChI=1S/C17H11N5O2/c23-22(24)15-10-11-21(20-15)17-18-14-9-5-4-8-13(14)16(19-17)12-6-2-1-3-7-12/h1-11H. The lowest BCUT2D eigenvalue weighted by Gasteiger charge is -2.07. The Morgan fingerprint density at radius 3 is 2.42 bits per heavy atom. The van der Waals surface area contributed by atoms with Crippen LogP contribution in [-0.4, -0.2) is 24.7 Å². The zero-order valence-electron chi connectivity index (χ0n) is 12.4. The van der Waals surface area contributed by atoms with Gasteiger partial charge in [-0.3, -0.25) is 0 Å². The Hall–Kier alpha value is -3.61. The van der Waals surface area contributed by atoms with E-state index in [1.54, 1.807) is 0 Å². The van der Waals surface area contributed by atoms with Gasteiger partial charge in [-0.05, 0) is 11.0 Å². The van der Waals surface area contributed by atoms with Crippen molar-refractivity contribution < 1.29 is 4.92 Å². The van der Waals surface area contributed by atoms with Crippen LogP contribution in [0.15, 0.2) is 66.9 Å². The first-order valence-electron chi connectivity index (χ1n) is 7.25. The average molecular weight is 317 g/mol. The molecule has 2 aromatic heterocycles. The summed E-state index contributed by atoms with van der Waals surface area (Å²) in [6.45, 7) is 0. The highest BCUT2D eigenvalue weighted by atomic mass is 16.6. The van der Waals surface area contributed by atoms with Crippen LogP contribution in [0, 0.1) is 10.1 Å². The molecule has 0 radical (unpaired) electrons. The molecule has 0 bridgehead atoms. The minimum atomic E-state index is -0.546. The number of fused-ring (bicyclic) bond motifs is 1. The number of nitrogens with zero attached hydrogens (tertiary/aromatic N) is 5. The van der Waals surface area contributed by atoms with Crippen LogP contribution in [-0.2, 0) is 0 Å². The van der Waals surface area contributed by atoms with Gasteiger partial charge in [0.2, 0.25) is 0 Å². The van der Waals surface area contributed by atoms with Crippen molar-refractivity contribution in [1.29, 1.82) is 0 Å². The molecule has 0 saturated carbocycles. The summed E-state index contributed by atoms with van der Waals surface area (Å²) in [7, 11) is 0. The van der Waals surface area contributed by atoms with Crippen LogP contribution in [0.25, 0.3) is 28.1 Å². The minimum absolute atomic E-state index is 0.243. The van der Waals surface area contributed by atoms with Gasteiger partial charge < -0.3 is 10.1 Å². The van der Waals surface area contributed by atoms with E-state index in [1.807, 2.05) is 54.6 Å². The number of nitro groups is 1. The highest BCUT2D eigenvalue weighted by Gasteiger charge is 2.16. The summed E-state index contributed by atoms with van der Waals surface area (Å²) in [4.78, 5) is 19.3. The van der Waals surface area contributed by atoms with Gasteiger partial charge in [-0.1, -0.05) is 48.5 Å². The molecule has 0 saturated heterocycles. The molecule has 2 aromatic carbocycles. The molecular weight excluding hydrogens is 306 g/mol. The van der Waals surface area contributed by atoms with E-state index in [-0.39, 0.29) is 5.82 Å². The molecule has 0 aliphatic heterocycles. The molecule has 116 valence electrons. The zero-order chi connectivity index (χ0) is 16.5. The SMILES string of the molecule is O=[N+]([O-])c1ccn(-c2nc(-c3ccccc3)c3ccccc3n2)n1. The van der Waals surface area contributed by atoms with Crippen molar-refractivity contribution in [3.05, 3.63) is 77.0 Å². The number of benzene rings is 2. The maximum absolute atomic E-state index is 10.8. The van der Waals surface area contributed by atoms with E-state index in [9.17, 15) is 10.1 Å². The van der Waals surface area contributed by atoms with Crippen LogP contribution in [0.1, 0.15) is 0 Å². The minimum Gasteiger partial charge on any atom is -0.358 e. The topological polar surface area (TPSA) is 86.7 Å². The van der Waals surface area contributed by atoms with E-state index in [4.69, 9.17) is 0 Å². The van der Waals surface area contributed by atoms with Gasteiger partial charge in [-0.15, -0.1) is 4.68 Å². The fraction of sp³-hybridized carbons (Fsp3) is 0. The van der Waals surface area contributed by atoms with Gasteiger partial charge in [0.15, 0.2) is 0 Å². The third-order valence-electron chi connectivity index (χ3n) is 3.61. The molecule has 0 amide bonds. The van der Waals surface area contributed by atoms with Gasteiger partial charge in [-0.2, -0.15) is 0 Å². The normalized spacial score (nSPS) is 10.8.